The first-order valence-corrected chi connectivity index (χ1v) is 10.7. The molecule has 0 aliphatic heterocycles. The molecule has 0 aliphatic rings. The molecule has 0 aliphatic carbocycles. The van der Waals surface area contributed by atoms with E-state index >= 15 is 0 Å². The highest BCUT2D eigenvalue weighted by atomic mass is 79.9. The van der Waals surface area contributed by atoms with Gasteiger partial charge in [-0.1, -0.05) is 24.3 Å². The fourth-order valence-corrected chi connectivity index (χ4v) is 5.03. The second-order valence-corrected chi connectivity index (χ2v) is 9.06. The van der Waals surface area contributed by atoms with E-state index in [0.29, 0.717) is 32.2 Å². The van der Waals surface area contributed by atoms with Gasteiger partial charge in [0.2, 0.25) is 0 Å². The van der Waals surface area contributed by atoms with Crippen molar-refractivity contribution in [1.29, 1.82) is 0 Å². The largest absolute Gasteiger partial charge is 0.377 e. The zero-order valence-corrected chi connectivity index (χ0v) is 17.8. The van der Waals surface area contributed by atoms with Gasteiger partial charge in [-0.2, -0.15) is 0 Å². The maximum absolute atomic E-state index is 13.2. The molecule has 1 heterocycles. The Morgan fingerprint density at radius 2 is 1.82 bits per heavy atom. The van der Waals surface area contributed by atoms with Crippen molar-refractivity contribution in [2.45, 2.75) is 11.8 Å². The number of hydrogen-bond acceptors (Lipinski definition) is 6. The van der Waals surface area contributed by atoms with Crippen LogP contribution in [0, 0.1) is 6.92 Å². The number of aryl methyl sites for hydroxylation is 1. The summed E-state index contributed by atoms with van der Waals surface area (Å²) in [5.74, 6) is 0. The van der Waals surface area contributed by atoms with Crippen molar-refractivity contribution in [3.05, 3.63) is 52.5 Å². The summed E-state index contributed by atoms with van der Waals surface area (Å²) in [5, 5.41) is 8.94. The highest BCUT2D eigenvalue weighted by molar-refractivity contribution is 9.10. The van der Waals surface area contributed by atoms with Crippen molar-refractivity contribution in [3.63, 3.8) is 0 Å². The number of aromatic nitrogens is 2. The second kappa shape index (κ2) is 6.75. The van der Waals surface area contributed by atoms with E-state index < -0.39 is 10.0 Å². The molecule has 1 N–H and O–H groups in total. The third-order valence-corrected chi connectivity index (χ3v) is 7.02. The molecule has 3 aromatic carbocycles. The van der Waals surface area contributed by atoms with Gasteiger partial charge in [0.15, 0.2) is 5.58 Å². The molecule has 1 aromatic heterocycles. The second-order valence-electron chi connectivity index (χ2n) is 6.61. The fourth-order valence-electron chi connectivity index (χ4n) is 3.22. The van der Waals surface area contributed by atoms with Gasteiger partial charge >= 0.3 is 0 Å². The van der Waals surface area contributed by atoms with Crippen LogP contribution in [0.15, 0.2) is 56.4 Å². The Morgan fingerprint density at radius 3 is 2.57 bits per heavy atom. The summed E-state index contributed by atoms with van der Waals surface area (Å²) in [6.45, 7) is 1.80. The fraction of sp³-hybridized carbons (Fsp3) is 0.158. The van der Waals surface area contributed by atoms with Gasteiger partial charge in [0.25, 0.3) is 10.0 Å². The number of rotatable bonds is 4. The van der Waals surface area contributed by atoms with Gasteiger partial charge < -0.3 is 9.42 Å². The minimum absolute atomic E-state index is 0.205. The number of benzene rings is 3. The lowest BCUT2D eigenvalue weighted by Crippen LogP contribution is -2.15. The molecule has 144 valence electrons. The standard InChI is InChI=1S/C19H17BrN4O3S/c1-11-18(20)14(10-15-19(11)27-23-21-15)22-28(25,26)17-9-5-6-12-13(17)7-4-8-16(12)24(2)3/h4-10,22H,1-3H3. The van der Waals surface area contributed by atoms with Gasteiger partial charge in [-0.15, -0.1) is 5.10 Å². The van der Waals surface area contributed by atoms with Crippen LogP contribution in [0.5, 0.6) is 0 Å². The molecule has 0 radical (unpaired) electrons. The third kappa shape index (κ3) is 3.00. The molecular weight excluding hydrogens is 444 g/mol. The summed E-state index contributed by atoms with van der Waals surface area (Å²) >= 11 is 3.44. The van der Waals surface area contributed by atoms with Gasteiger partial charge in [-0.25, -0.2) is 8.42 Å². The Morgan fingerprint density at radius 1 is 1.11 bits per heavy atom. The minimum Gasteiger partial charge on any atom is -0.377 e. The van der Waals surface area contributed by atoms with Crippen molar-refractivity contribution in [2.75, 3.05) is 23.7 Å². The number of hydrogen-bond donors (Lipinski definition) is 1. The first-order chi connectivity index (χ1) is 13.3. The molecular formula is C19H17BrN4O3S. The van der Waals surface area contributed by atoms with Crippen molar-refractivity contribution in [3.8, 4) is 0 Å². The van der Waals surface area contributed by atoms with Gasteiger partial charge in [-0.3, -0.25) is 4.72 Å². The van der Waals surface area contributed by atoms with Crippen molar-refractivity contribution < 1.29 is 12.9 Å². The molecule has 4 aromatic rings. The monoisotopic (exact) mass is 460 g/mol. The van der Waals surface area contributed by atoms with Crippen LogP contribution < -0.4 is 9.62 Å². The molecule has 0 bridgehead atoms. The van der Waals surface area contributed by atoms with Gasteiger partial charge in [0.1, 0.15) is 5.52 Å². The van der Waals surface area contributed by atoms with Crippen LogP contribution in [0.25, 0.3) is 21.9 Å². The number of nitrogens with zero attached hydrogens (tertiary/aromatic N) is 3. The predicted octanol–water partition coefficient (Wildman–Crippen LogP) is 4.31. The van der Waals surface area contributed by atoms with Crippen LogP contribution in [0.3, 0.4) is 0 Å². The molecule has 0 atom stereocenters. The Kier molecular flexibility index (Phi) is 4.51. The molecule has 0 saturated heterocycles. The third-order valence-electron chi connectivity index (χ3n) is 4.58. The first kappa shape index (κ1) is 18.7. The van der Waals surface area contributed by atoms with Crippen LogP contribution in [0.4, 0.5) is 11.4 Å². The number of halogens is 1. The van der Waals surface area contributed by atoms with Crippen LogP contribution in [-0.4, -0.2) is 32.9 Å². The zero-order valence-electron chi connectivity index (χ0n) is 15.4. The van der Waals surface area contributed by atoms with E-state index in [9.17, 15) is 8.42 Å². The molecule has 28 heavy (non-hydrogen) atoms. The van der Waals surface area contributed by atoms with Crippen molar-refractivity contribution >= 4 is 59.2 Å². The van der Waals surface area contributed by atoms with E-state index in [1.54, 1.807) is 25.1 Å². The summed E-state index contributed by atoms with van der Waals surface area (Å²) in [7, 11) is 0.00101. The van der Waals surface area contributed by atoms with Gasteiger partial charge in [0.05, 0.1) is 10.6 Å². The van der Waals surface area contributed by atoms with Crippen LogP contribution in [-0.2, 0) is 10.0 Å². The maximum atomic E-state index is 13.2. The highest BCUT2D eigenvalue weighted by Gasteiger charge is 2.22. The molecule has 0 fully saturated rings. The topological polar surface area (TPSA) is 88.3 Å². The van der Waals surface area contributed by atoms with E-state index in [1.807, 2.05) is 43.3 Å². The van der Waals surface area contributed by atoms with Crippen LogP contribution in [0.1, 0.15) is 5.56 Å². The highest BCUT2D eigenvalue weighted by Crippen LogP contribution is 2.35. The molecule has 0 saturated carbocycles. The normalized spacial score (nSPS) is 11.9. The lowest BCUT2D eigenvalue weighted by molar-refractivity contribution is 0.422. The van der Waals surface area contributed by atoms with E-state index in [1.165, 1.54) is 0 Å². The predicted molar refractivity (Wildman–Crippen MR) is 113 cm³/mol. The SMILES string of the molecule is Cc1c(Br)c(NS(=O)(=O)c2cccc3c(N(C)C)cccc23)cc2nnoc12. The van der Waals surface area contributed by atoms with E-state index in [4.69, 9.17) is 4.52 Å². The smallest absolute Gasteiger partial charge is 0.262 e. The summed E-state index contributed by atoms with van der Waals surface area (Å²) in [6, 6.07) is 12.5. The Labute approximate surface area is 170 Å². The number of nitrogens with one attached hydrogen (secondary N) is 1. The Hall–Kier alpha value is -2.65. The molecule has 0 spiro atoms. The lowest BCUT2D eigenvalue weighted by Gasteiger charge is -2.17. The summed E-state index contributed by atoms with van der Waals surface area (Å²) < 4.78 is 34.8. The molecule has 7 nitrogen and oxygen atoms in total. The number of fused-ring (bicyclic) bond motifs is 2. The molecule has 0 amide bonds. The van der Waals surface area contributed by atoms with E-state index in [0.717, 1.165) is 11.1 Å². The Bertz CT molecular complexity index is 1320. The average molecular weight is 461 g/mol. The quantitative estimate of drug-likeness (QED) is 0.487. The first-order valence-electron chi connectivity index (χ1n) is 8.42. The average Bonchev–Trinajstić information content (AvgIpc) is 3.13. The zero-order chi connectivity index (χ0) is 20.1. The van der Waals surface area contributed by atoms with Gasteiger partial charge in [-0.05, 0) is 41.1 Å². The summed E-state index contributed by atoms with van der Waals surface area (Å²) in [5.41, 5.74) is 3.03. The van der Waals surface area contributed by atoms with E-state index in [-0.39, 0.29) is 4.90 Å². The van der Waals surface area contributed by atoms with Crippen LogP contribution >= 0.6 is 15.9 Å². The Balaban J connectivity index is 1.86. The molecule has 0 unspecified atom stereocenters. The minimum atomic E-state index is -3.85. The van der Waals surface area contributed by atoms with Gasteiger partial charge in [0, 0.05) is 45.9 Å². The van der Waals surface area contributed by atoms with E-state index in [2.05, 4.69) is 31.0 Å². The van der Waals surface area contributed by atoms with Crippen molar-refractivity contribution in [1.82, 2.24) is 10.4 Å². The lowest BCUT2D eigenvalue weighted by atomic mass is 10.1. The summed E-state index contributed by atoms with van der Waals surface area (Å²) in [6.07, 6.45) is 0. The number of sulfonamides is 1. The molecule has 4 rings (SSSR count). The summed E-state index contributed by atoms with van der Waals surface area (Å²) in [4.78, 5) is 2.16. The van der Waals surface area contributed by atoms with Crippen LogP contribution in [0.2, 0.25) is 0 Å². The maximum Gasteiger partial charge on any atom is 0.262 e. The van der Waals surface area contributed by atoms with Crippen molar-refractivity contribution in [2.24, 2.45) is 0 Å². The molecule has 9 heteroatoms. The number of anilines is 2.